The Hall–Kier alpha value is -1.88. The minimum atomic E-state index is 0.162. The first-order valence-corrected chi connectivity index (χ1v) is 7.40. The number of hydrogen-bond donors (Lipinski definition) is 1. The number of nitrogens with one attached hydrogen (secondary N) is 1. The van der Waals surface area contributed by atoms with E-state index in [2.05, 4.69) is 35.4 Å². The molecule has 0 bridgehead atoms. The van der Waals surface area contributed by atoms with Crippen molar-refractivity contribution in [2.45, 2.75) is 38.1 Å². The van der Waals surface area contributed by atoms with Crippen molar-refractivity contribution >= 4 is 0 Å². The Morgan fingerprint density at radius 1 is 1.29 bits per heavy atom. The minimum absolute atomic E-state index is 0.162. The Balaban J connectivity index is 1.76. The average Bonchev–Trinajstić information content (AvgIpc) is 3.02. The van der Waals surface area contributed by atoms with Crippen molar-refractivity contribution in [1.82, 2.24) is 15.5 Å². The molecule has 0 saturated heterocycles. The van der Waals surface area contributed by atoms with Crippen molar-refractivity contribution in [3.05, 3.63) is 41.5 Å². The van der Waals surface area contributed by atoms with Crippen LogP contribution < -0.4 is 10.1 Å². The summed E-state index contributed by atoms with van der Waals surface area (Å²) >= 11 is 0. The predicted molar refractivity (Wildman–Crippen MR) is 79.6 cm³/mol. The van der Waals surface area contributed by atoms with E-state index in [9.17, 15) is 0 Å². The molecule has 0 fully saturated rings. The number of nitrogens with zero attached hydrogens (tertiary/aromatic N) is 2. The van der Waals surface area contributed by atoms with Crippen molar-refractivity contribution in [2.75, 3.05) is 13.7 Å². The third-order valence-electron chi connectivity index (χ3n) is 4.30. The summed E-state index contributed by atoms with van der Waals surface area (Å²) in [5, 5.41) is 7.37. The molecule has 1 aromatic heterocycles. The van der Waals surface area contributed by atoms with Gasteiger partial charge < -0.3 is 14.6 Å². The van der Waals surface area contributed by atoms with Gasteiger partial charge in [-0.3, -0.25) is 0 Å². The number of aromatic nitrogens is 2. The van der Waals surface area contributed by atoms with Crippen molar-refractivity contribution in [2.24, 2.45) is 0 Å². The molecular formula is C16H21N3O2. The number of hydrogen-bond acceptors (Lipinski definition) is 5. The summed E-state index contributed by atoms with van der Waals surface area (Å²) in [7, 11) is 1.93. The van der Waals surface area contributed by atoms with Crippen LogP contribution in [0.1, 0.15) is 43.0 Å². The van der Waals surface area contributed by atoms with Crippen LogP contribution in [-0.4, -0.2) is 29.8 Å². The zero-order valence-electron chi connectivity index (χ0n) is 12.7. The van der Waals surface area contributed by atoms with E-state index in [1.807, 2.05) is 25.2 Å². The standard InChI is InChI=1S/C16H21N3O2/c1-10(11(2)17-3)16-18-15(19-21-16)13-8-12-6-4-5-7-14(12)20-9-13/h4-7,10-11,13,17H,8-9H2,1-3H3. The molecule has 2 heterocycles. The minimum Gasteiger partial charge on any atom is -0.493 e. The molecule has 5 heteroatoms. The molecule has 0 spiro atoms. The van der Waals surface area contributed by atoms with Gasteiger partial charge >= 0.3 is 0 Å². The van der Waals surface area contributed by atoms with E-state index in [1.54, 1.807) is 0 Å². The quantitative estimate of drug-likeness (QED) is 0.936. The van der Waals surface area contributed by atoms with Crippen molar-refractivity contribution in [3.8, 4) is 5.75 Å². The first-order chi connectivity index (χ1) is 10.2. The maximum Gasteiger partial charge on any atom is 0.231 e. The van der Waals surface area contributed by atoms with E-state index < -0.39 is 0 Å². The van der Waals surface area contributed by atoms with Crippen LogP contribution in [0.2, 0.25) is 0 Å². The summed E-state index contributed by atoms with van der Waals surface area (Å²) in [4.78, 5) is 4.58. The van der Waals surface area contributed by atoms with Crippen LogP contribution in [0.3, 0.4) is 0 Å². The van der Waals surface area contributed by atoms with E-state index in [4.69, 9.17) is 9.26 Å². The van der Waals surface area contributed by atoms with Crippen LogP contribution in [0.5, 0.6) is 5.75 Å². The molecule has 5 nitrogen and oxygen atoms in total. The topological polar surface area (TPSA) is 60.2 Å². The summed E-state index contributed by atoms with van der Waals surface area (Å²) in [6.07, 6.45) is 0.894. The summed E-state index contributed by atoms with van der Waals surface area (Å²) in [6.45, 7) is 4.80. The first kappa shape index (κ1) is 14.1. The van der Waals surface area contributed by atoms with Crippen LogP contribution in [0, 0.1) is 0 Å². The average molecular weight is 287 g/mol. The SMILES string of the molecule is CNC(C)C(C)c1nc(C2COc3ccccc3C2)no1. The van der Waals surface area contributed by atoms with Crippen molar-refractivity contribution in [1.29, 1.82) is 0 Å². The second kappa shape index (κ2) is 5.85. The smallest absolute Gasteiger partial charge is 0.231 e. The zero-order chi connectivity index (χ0) is 14.8. The largest absolute Gasteiger partial charge is 0.493 e. The lowest BCUT2D eigenvalue weighted by molar-refractivity contribution is 0.253. The van der Waals surface area contributed by atoms with Crippen LogP contribution in [0.4, 0.5) is 0 Å². The van der Waals surface area contributed by atoms with E-state index in [0.29, 0.717) is 18.5 Å². The normalized spacial score (nSPS) is 20.4. The lowest BCUT2D eigenvalue weighted by Crippen LogP contribution is -2.27. The summed E-state index contributed by atoms with van der Waals surface area (Å²) < 4.78 is 11.2. The molecule has 21 heavy (non-hydrogen) atoms. The second-order valence-electron chi connectivity index (χ2n) is 5.68. The second-order valence-corrected chi connectivity index (χ2v) is 5.68. The molecule has 112 valence electrons. The highest BCUT2D eigenvalue weighted by molar-refractivity contribution is 5.36. The fraction of sp³-hybridized carbons (Fsp3) is 0.500. The molecule has 0 amide bonds. The number of benzene rings is 1. The van der Waals surface area contributed by atoms with Gasteiger partial charge in [0.05, 0.1) is 18.4 Å². The Morgan fingerprint density at radius 3 is 2.90 bits per heavy atom. The zero-order valence-corrected chi connectivity index (χ0v) is 12.7. The van der Waals surface area contributed by atoms with Gasteiger partial charge in [-0.2, -0.15) is 4.98 Å². The molecule has 0 aliphatic carbocycles. The van der Waals surface area contributed by atoms with Gasteiger partial charge in [0.1, 0.15) is 5.75 Å². The first-order valence-electron chi connectivity index (χ1n) is 7.40. The molecule has 1 N–H and O–H groups in total. The highest BCUT2D eigenvalue weighted by Gasteiger charge is 2.27. The lowest BCUT2D eigenvalue weighted by Gasteiger charge is -2.22. The Kier molecular flexibility index (Phi) is 3.92. The Labute approximate surface area is 124 Å². The van der Waals surface area contributed by atoms with Gasteiger partial charge in [-0.15, -0.1) is 0 Å². The number of para-hydroxylation sites is 1. The fourth-order valence-corrected chi connectivity index (χ4v) is 2.56. The van der Waals surface area contributed by atoms with Crippen LogP contribution in [0.25, 0.3) is 0 Å². The summed E-state index contributed by atoms with van der Waals surface area (Å²) in [5.41, 5.74) is 1.21. The van der Waals surface area contributed by atoms with Crippen LogP contribution in [-0.2, 0) is 6.42 Å². The number of likely N-dealkylation sites (N-methyl/N-ethyl adjacent to an activating group) is 1. The number of ether oxygens (including phenoxy) is 1. The number of fused-ring (bicyclic) bond motifs is 1. The van der Waals surface area contributed by atoms with Gasteiger partial charge in [0.25, 0.3) is 0 Å². The molecule has 1 aromatic carbocycles. The number of rotatable bonds is 4. The fourth-order valence-electron chi connectivity index (χ4n) is 2.56. The third-order valence-corrected chi connectivity index (χ3v) is 4.30. The molecule has 3 rings (SSSR count). The Morgan fingerprint density at radius 2 is 2.10 bits per heavy atom. The predicted octanol–water partition coefficient (Wildman–Crippen LogP) is 2.50. The molecule has 3 atom stereocenters. The monoisotopic (exact) mass is 287 g/mol. The Bertz CT molecular complexity index is 611. The maximum absolute atomic E-state index is 5.79. The molecule has 2 aromatic rings. The highest BCUT2D eigenvalue weighted by Crippen LogP contribution is 2.31. The summed E-state index contributed by atoms with van der Waals surface area (Å²) in [6, 6.07) is 8.41. The molecule has 0 radical (unpaired) electrons. The van der Waals surface area contributed by atoms with Gasteiger partial charge in [-0.25, -0.2) is 0 Å². The molecule has 1 aliphatic heterocycles. The molecule has 3 unspecified atom stereocenters. The van der Waals surface area contributed by atoms with E-state index in [1.165, 1.54) is 5.56 Å². The molecular weight excluding hydrogens is 266 g/mol. The van der Waals surface area contributed by atoms with Crippen LogP contribution >= 0.6 is 0 Å². The van der Waals surface area contributed by atoms with Gasteiger partial charge in [-0.05, 0) is 32.0 Å². The summed E-state index contributed by atoms with van der Waals surface area (Å²) in [5.74, 6) is 2.75. The van der Waals surface area contributed by atoms with E-state index in [-0.39, 0.29) is 11.8 Å². The lowest BCUT2D eigenvalue weighted by atomic mass is 9.96. The third kappa shape index (κ3) is 2.78. The van der Waals surface area contributed by atoms with Gasteiger partial charge in [0, 0.05) is 6.04 Å². The van der Waals surface area contributed by atoms with Crippen molar-refractivity contribution in [3.63, 3.8) is 0 Å². The maximum atomic E-state index is 5.79. The molecule has 0 saturated carbocycles. The van der Waals surface area contributed by atoms with Crippen LogP contribution in [0.15, 0.2) is 28.8 Å². The van der Waals surface area contributed by atoms with E-state index in [0.717, 1.165) is 18.0 Å². The van der Waals surface area contributed by atoms with Crippen molar-refractivity contribution < 1.29 is 9.26 Å². The molecule has 1 aliphatic rings. The van der Waals surface area contributed by atoms with Gasteiger partial charge in [-0.1, -0.05) is 30.3 Å². The van der Waals surface area contributed by atoms with Gasteiger partial charge in [0.15, 0.2) is 5.82 Å². The van der Waals surface area contributed by atoms with Gasteiger partial charge in [0.2, 0.25) is 5.89 Å². The van der Waals surface area contributed by atoms with E-state index >= 15 is 0 Å². The highest BCUT2D eigenvalue weighted by atomic mass is 16.5.